The fourth-order valence-electron chi connectivity index (χ4n) is 1.31. The van der Waals surface area contributed by atoms with Crippen LogP contribution in [-0.2, 0) is 14.3 Å². The predicted molar refractivity (Wildman–Crippen MR) is 49.8 cm³/mol. The lowest BCUT2D eigenvalue weighted by Gasteiger charge is -2.17. The lowest BCUT2D eigenvalue weighted by Crippen LogP contribution is -2.29. The zero-order valence-electron chi connectivity index (χ0n) is 7.75. The Morgan fingerprint density at radius 1 is 1.79 bits per heavy atom. The fraction of sp³-hybridized carbons (Fsp3) is 0.556. The highest BCUT2D eigenvalue weighted by Gasteiger charge is 2.38. The molecule has 5 heteroatoms. The van der Waals surface area contributed by atoms with Crippen molar-refractivity contribution in [2.24, 2.45) is 0 Å². The molecular weight excluding hydrogens is 208 g/mol. The number of halogens is 1. The van der Waals surface area contributed by atoms with E-state index >= 15 is 0 Å². The van der Waals surface area contributed by atoms with Crippen LogP contribution < -0.4 is 0 Å². The third-order valence-corrected chi connectivity index (χ3v) is 2.20. The Bertz CT molecular complexity index is 297. The molecule has 0 radical (unpaired) electrons. The minimum Gasteiger partial charge on any atom is -0.466 e. The molecule has 0 aromatic heterocycles. The lowest BCUT2D eigenvalue weighted by molar-refractivity contribution is -0.147. The van der Waals surface area contributed by atoms with E-state index in [1.165, 1.54) is 6.08 Å². The number of Topliss-reactive ketones (excluding diaryl/α,β-unsaturated/α-hetero) is 1. The molecule has 0 bridgehead atoms. The highest BCUT2D eigenvalue weighted by atomic mass is 35.5. The largest absolute Gasteiger partial charge is 0.466 e. The number of aliphatic hydroxyl groups is 1. The average Bonchev–Trinajstić information content (AvgIpc) is 2.25. The minimum atomic E-state index is -1.46. The maximum atomic E-state index is 11.1. The van der Waals surface area contributed by atoms with Crippen molar-refractivity contribution < 1.29 is 19.4 Å². The van der Waals surface area contributed by atoms with Gasteiger partial charge in [-0.05, 0) is 13.0 Å². The normalized spacial score (nSPS) is 26.2. The molecule has 1 rings (SSSR count). The second kappa shape index (κ2) is 4.11. The molecule has 0 amide bonds. The van der Waals surface area contributed by atoms with Crippen LogP contribution in [0.5, 0.6) is 0 Å². The molecule has 0 heterocycles. The number of rotatable bonds is 3. The number of hydrogen-bond acceptors (Lipinski definition) is 4. The molecule has 0 aliphatic heterocycles. The number of ether oxygens (including phenoxy) is 1. The van der Waals surface area contributed by atoms with E-state index in [9.17, 15) is 14.7 Å². The fourth-order valence-corrected chi connectivity index (χ4v) is 1.58. The van der Waals surface area contributed by atoms with Gasteiger partial charge in [0.1, 0.15) is 5.60 Å². The van der Waals surface area contributed by atoms with Gasteiger partial charge in [0.25, 0.3) is 0 Å². The Labute approximate surface area is 86.5 Å². The first-order valence-electron chi connectivity index (χ1n) is 4.26. The lowest BCUT2D eigenvalue weighted by atomic mass is 9.99. The third-order valence-electron chi connectivity index (χ3n) is 1.88. The molecule has 1 unspecified atom stereocenters. The molecule has 1 atom stereocenters. The molecule has 1 aliphatic carbocycles. The third kappa shape index (κ3) is 2.56. The van der Waals surface area contributed by atoms with Crippen molar-refractivity contribution in [1.29, 1.82) is 0 Å². The summed E-state index contributed by atoms with van der Waals surface area (Å²) in [6.45, 7) is 1.92. The van der Waals surface area contributed by atoms with E-state index in [2.05, 4.69) is 4.74 Å². The zero-order chi connectivity index (χ0) is 10.8. The summed E-state index contributed by atoms with van der Waals surface area (Å²) in [5.74, 6) is -0.885. The summed E-state index contributed by atoms with van der Waals surface area (Å²) in [6.07, 6.45) is 0.821. The maximum Gasteiger partial charge on any atom is 0.309 e. The number of carbonyl (C=O) groups is 2. The van der Waals surface area contributed by atoms with Gasteiger partial charge in [-0.15, -0.1) is 0 Å². The number of allylic oxidation sites excluding steroid dienone is 1. The van der Waals surface area contributed by atoms with Crippen molar-refractivity contribution in [1.82, 2.24) is 0 Å². The molecule has 0 saturated carbocycles. The number of ketones is 1. The molecule has 0 spiro atoms. The molecule has 0 fully saturated rings. The van der Waals surface area contributed by atoms with E-state index in [4.69, 9.17) is 11.6 Å². The van der Waals surface area contributed by atoms with Crippen LogP contribution in [0, 0.1) is 0 Å². The molecule has 78 valence electrons. The standard InChI is InChI=1S/C9H11ClO4/c1-2-14-8(12)5-9(13)3-6(10)7(11)4-9/h3,13H,2,4-5H2,1H3. The van der Waals surface area contributed by atoms with Crippen LogP contribution in [0.4, 0.5) is 0 Å². The SMILES string of the molecule is CCOC(=O)CC1(O)C=C(Cl)C(=O)C1. The highest BCUT2D eigenvalue weighted by Crippen LogP contribution is 2.30. The van der Waals surface area contributed by atoms with Gasteiger partial charge in [0.15, 0.2) is 5.78 Å². The van der Waals surface area contributed by atoms with Crippen LogP contribution in [0.2, 0.25) is 0 Å². The van der Waals surface area contributed by atoms with Gasteiger partial charge >= 0.3 is 5.97 Å². The van der Waals surface area contributed by atoms with Gasteiger partial charge in [0.05, 0.1) is 18.1 Å². The molecule has 1 aliphatic rings. The van der Waals surface area contributed by atoms with Crippen LogP contribution in [0.25, 0.3) is 0 Å². The molecule has 0 saturated heterocycles. The Morgan fingerprint density at radius 2 is 2.43 bits per heavy atom. The van der Waals surface area contributed by atoms with Crippen molar-refractivity contribution in [2.45, 2.75) is 25.4 Å². The van der Waals surface area contributed by atoms with Crippen molar-refractivity contribution >= 4 is 23.4 Å². The van der Waals surface area contributed by atoms with Gasteiger partial charge in [-0.2, -0.15) is 0 Å². The maximum absolute atomic E-state index is 11.1. The van der Waals surface area contributed by atoms with Crippen molar-refractivity contribution in [3.63, 3.8) is 0 Å². The molecular formula is C9H11ClO4. The number of esters is 1. The number of carbonyl (C=O) groups excluding carboxylic acids is 2. The quantitative estimate of drug-likeness (QED) is 0.711. The number of hydrogen-bond donors (Lipinski definition) is 1. The predicted octanol–water partition coefficient (Wildman–Crippen LogP) is 0.766. The van der Waals surface area contributed by atoms with Gasteiger partial charge in [-0.25, -0.2) is 0 Å². The van der Waals surface area contributed by atoms with Crippen molar-refractivity contribution in [3.05, 3.63) is 11.1 Å². The average molecular weight is 219 g/mol. The topological polar surface area (TPSA) is 63.6 Å². The van der Waals surface area contributed by atoms with Crippen molar-refractivity contribution in [3.8, 4) is 0 Å². The Hall–Kier alpha value is -0.870. The summed E-state index contributed by atoms with van der Waals surface area (Å²) in [5.41, 5.74) is -1.46. The highest BCUT2D eigenvalue weighted by molar-refractivity contribution is 6.43. The molecule has 0 aromatic carbocycles. The van der Waals surface area contributed by atoms with E-state index in [1.54, 1.807) is 6.92 Å². The first kappa shape index (κ1) is 11.2. The van der Waals surface area contributed by atoms with E-state index in [0.717, 1.165) is 0 Å². The van der Waals surface area contributed by atoms with Crippen LogP contribution in [0.15, 0.2) is 11.1 Å². The molecule has 0 aromatic rings. The van der Waals surface area contributed by atoms with Gasteiger partial charge in [-0.1, -0.05) is 11.6 Å². The summed E-state index contributed by atoms with van der Waals surface area (Å²) in [7, 11) is 0. The van der Waals surface area contributed by atoms with Crippen molar-refractivity contribution in [2.75, 3.05) is 6.61 Å². The summed E-state index contributed by atoms with van der Waals surface area (Å²) in [5, 5.41) is 9.73. The molecule has 1 N–H and O–H groups in total. The summed E-state index contributed by atoms with van der Waals surface area (Å²) in [4.78, 5) is 22.1. The van der Waals surface area contributed by atoms with Crippen LogP contribution in [0.1, 0.15) is 19.8 Å². The van der Waals surface area contributed by atoms with E-state index in [-0.39, 0.29) is 30.3 Å². The van der Waals surface area contributed by atoms with Crippen LogP contribution in [0.3, 0.4) is 0 Å². The van der Waals surface area contributed by atoms with E-state index < -0.39 is 11.6 Å². The van der Waals surface area contributed by atoms with E-state index in [0.29, 0.717) is 0 Å². The monoisotopic (exact) mass is 218 g/mol. The first-order chi connectivity index (χ1) is 6.47. The zero-order valence-corrected chi connectivity index (χ0v) is 8.50. The second-order valence-electron chi connectivity index (χ2n) is 3.18. The molecule has 14 heavy (non-hydrogen) atoms. The van der Waals surface area contributed by atoms with Gasteiger partial charge in [0.2, 0.25) is 0 Å². The summed E-state index contributed by atoms with van der Waals surface area (Å²) >= 11 is 5.51. The van der Waals surface area contributed by atoms with Crippen LogP contribution in [-0.4, -0.2) is 29.1 Å². The Balaban J connectivity index is 2.61. The van der Waals surface area contributed by atoms with Crippen LogP contribution >= 0.6 is 11.6 Å². The van der Waals surface area contributed by atoms with Gasteiger partial charge < -0.3 is 9.84 Å². The smallest absolute Gasteiger partial charge is 0.309 e. The van der Waals surface area contributed by atoms with Gasteiger partial charge in [-0.3, -0.25) is 9.59 Å². The van der Waals surface area contributed by atoms with Gasteiger partial charge in [0, 0.05) is 6.42 Å². The first-order valence-corrected chi connectivity index (χ1v) is 4.64. The Kier molecular flexibility index (Phi) is 3.29. The second-order valence-corrected chi connectivity index (χ2v) is 3.58. The Morgan fingerprint density at radius 3 is 2.86 bits per heavy atom. The minimum absolute atomic E-state index is 0.0169. The van der Waals surface area contributed by atoms with E-state index in [1.807, 2.05) is 0 Å². The summed E-state index contributed by atoms with van der Waals surface area (Å²) in [6, 6.07) is 0. The molecule has 4 nitrogen and oxygen atoms in total. The summed E-state index contributed by atoms with van der Waals surface area (Å²) < 4.78 is 4.66.